The average Bonchev–Trinajstić information content (AvgIpc) is 3.37. The number of piperazine rings is 1. The molecule has 0 spiro atoms. The molecule has 1 aromatic heterocycles. The number of carbonyl (C=O) groups excluding carboxylic acids is 1. The Labute approximate surface area is 205 Å². The van der Waals surface area contributed by atoms with Gasteiger partial charge in [0.1, 0.15) is 17.6 Å². The lowest BCUT2D eigenvalue weighted by molar-refractivity contribution is 0.0598. The normalized spacial score (nSPS) is 17.6. The summed E-state index contributed by atoms with van der Waals surface area (Å²) >= 11 is 6.52. The number of amides is 1. The molecule has 2 saturated heterocycles. The smallest absolute Gasteiger partial charge is 0.289 e. The van der Waals surface area contributed by atoms with E-state index in [-0.39, 0.29) is 12.0 Å². The number of halogens is 1. The predicted molar refractivity (Wildman–Crippen MR) is 133 cm³/mol. The van der Waals surface area contributed by atoms with Crippen molar-refractivity contribution in [1.82, 2.24) is 15.1 Å². The summed E-state index contributed by atoms with van der Waals surface area (Å²) in [6.45, 7) is 5.74. The fraction of sp³-hybridized carbons (Fsp3) is 0.370. The highest BCUT2D eigenvalue weighted by molar-refractivity contribution is 6.32. The molecule has 1 amide bonds. The van der Waals surface area contributed by atoms with Crippen molar-refractivity contribution in [3.63, 3.8) is 0 Å². The van der Waals surface area contributed by atoms with Crippen molar-refractivity contribution < 1.29 is 13.9 Å². The van der Waals surface area contributed by atoms with E-state index in [2.05, 4.69) is 16.3 Å². The maximum atomic E-state index is 12.9. The summed E-state index contributed by atoms with van der Waals surface area (Å²) in [6.07, 6.45) is 2.24. The lowest BCUT2D eigenvalue weighted by Gasteiger charge is -2.34. The molecule has 34 heavy (non-hydrogen) atoms. The van der Waals surface area contributed by atoms with Crippen LogP contribution in [0.25, 0.3) is 11.3 Å². The zero-order valence-electron chi connectivity index (χ0n) is 19.2. The van der Waals surface area contributed by atoms with Gasteiger partial charge in [0, 0.05) is 38.3 Å². The predicted octanol–water partition coefficient (Wildman–Crippen LogP) is 4.69. The van der Waals surface area contributed by atoms with Crippen LogP contribution in [0.5, 0.6) is 5.75 Å². The van der Waals surface area contributed by atoms with Crippen LogP contribution in [0.2, 0.25) is 5.02 Å². The number of furan rings is 1. The molecule has 3 aromatic rings. The van der Waals surface area contributed by atoms with Crippen molar-refractivity contribution in [2.75, 3.05) is 39.3 Å². The number of ether oxygens (including phenoxy) is 1. The standard InChI is InChI=1S/C27H30ClN3O3/c28-23-18-20(6-7-25(23)33-22-10-12-29-13-11-22)19-30-14-16-31(17-15-30)27(32)26-9-8-24(34-26)21-4-2-1-3-5-21/h1-9,18,22,29H,10-17,19H2. The highest BCUT2D eigenvalue weighted by Gasteiger charge is 2.25. The van der Waals surface area contributed by atoms with Gasteiger partial charge in [0.25, 0.3) is 5.91 Å². The monoisotopic (exact) mass is 479 g/mol. The number of hydrogen-bond acceptors (Lipinski definition) is 5. The lowest BCUT2D eigenvalue weighted by Crippen LogP contribution is -2.48. The molecule has 1 N–H and O–H groups in total. The summed E-state index contributed by atoms with van der Waals surface area (Å²) in [6, 6.07) is 19.5. The summed E-state index contributed by atoms with van der Waals surface area (Å²) in [5, 5.41) is 4.01. The number of benzene rings is 2. The Hall–Kier alpha value is -2.80. The first-order valence-electron chi connectivity index (χ1n) is 12.0. The van der Waals surface area contributed by atoms with Crippen LogP contribution in [-0.2, 0) is 6.54 Å². The molecule has 2 fully saturated rings. The molecule has 5 rings (SSSR count). The molecule has 2 aromatic carbocycles. The Bertz CT molecular complexity index is 1100. The maximum absolute atomic E-state index is 12.9. The van der Waals surface area contributed by atoms with E-state index in [9.17, 15) is 4.79 Å². The van der Waals surface area contributed by atoms with Gasteiger partial charge in [-0.2, -0.15) is 0 Å². The zero-order valence-corrected chi connectivity index (χ0v) is 20.0. The molecule has 0 unspecified atom stereocenters. The first-order chi connectivity index (χ1) is 16.7. The minimum atomic E-state index is -0.0516. The maximum Gasteiger partial charge on any atom is 0.289 e. The number of carbonyl (C=O) groups is 1. The second-order valence-electron chi connectivity index (χ2n) is 8.93. The van der Waals surface area contributed by atoms with E-state index < -0.39 is 0 Å². The first kappa shape index (κ1) is 23.0. The highest BCUT2D eigenvalue weighted by atomic mass is 35.5. The van der Waals surface area contributed by atoms with Crippen LogP contribution in [0.3, 0.4) is 0 Å². The number of hydrogen-bond donors (Lipinski definition) is 1. The minimum absolute atomic E-state index is 0.0516. The quantitative estimate of drug-likeness (QED) is 0.556. The van der Waals surface area contributed by atoms with Gasteiger partial charge in [0.05, 0.1) is 5.02 Å². The third kappa shape index (κ3) is 5.46. The molecular formula is C27H30ClN3O3. The lowest BCUT2D eigenvalue weighted by atomic mass is 10.1. The van der Waals surface area contributed by atoms with Crippen LogP contribution in [0.15, 0.2) is 65.1 Å². The van der Waals surface area contributed by atoms with Crippen LogP contribution in [0.1, 0.15) is 29.0 Å². The fourth-order valence-corrected chi connectivity index (χ4v) is 4.81. The largest absolute Gasteiger partial charge is 0.489 e. The summed E-state index contributed by atoms with van der Waals surface area (Å²) in [5.74, 6) is 1.82. The molecule has 2 aliphatic heterocycles. The summed E-state index contributed by atoms with van der Waals surface area (Å²) in [7, 11) is 0. The van der Waals surface area contributed by atoms with Crippen molar-refractivity contribution in [1.29, 1.82) is 0 Å². The van der Waals surface area contributed by atoms with Crippen molar-refractivity contribution in [2.24, 2.45) is 0 Å². The Morgan fingerprint density at radius 1 is 1.00 bits per heavy atom. The van der Waals surface area contributed by atoms with Crippen LogP contribution >= 0.6 is 11.6 Å². The molecular weight excluding hydrogens is 450 g/mol. The second-order valence-corrected chi connectivity index (χ2v) is 9.34. The van der Waals surface area contributed by atoms with E-state index >= 15 is 0 Å². The van der Waals surface area contributed by atoms with Gasteiger partial charge in [-0.15, -0.1) is 0 Å². The van der Waals surface area contributed by atoms with E-state index in [0.717, 1.165) is 62.4 Å². The van der Waals surface area contributed by atoms with Gasteiger partial charge < -0.3 is 19.4 Å². The molecule has 0 saturated carbocycles. The molecule has 0 radical (unpaired) electrons. The van der Waals surface area contributed by atoms with Gasteiger partial charge in [-0.1, -0.05) is 48.0 Å². The van der Waals surface area contributed by atoms with Gasteiger partial charge in [0.15, 0.2) is 5.76 Å². The second kappa shape index (κ2) is 10.6. The average molecular weight is 480 g/mol. The Morgan fingerprint density at radius 2 is 1.76 bits per heavy atom. The number of nitrogens with one attached hydrogen (secondary N) is 1. The van der Waals surface area contributed by atoms with Crippen LogP contribution in [-0.4, -0.2) is 61.1 Å². The number of rotatable bonds is 6. The Kier molecular flexibility index (Phi) is 7.19. The van der Waals surface area contributed by atoms with Crippen LogP contribution in [0, 0.1) is 0 Å². The first-order valence-corrected chi connectivity index (χ1v) is 12.4. The molecule has 0 aliphatic carbocycles. The molecule has 6 nitrogen and oxygen atoms in total. The third-order valence-electron chi connectivity index (χ3n) is 6.52. The third-order valence-corrected chi connectivity index (χ3v) is 6.81. The van der Waals surface area contributed by atoms with Gasteiger partial charge in [-0.25, -0.2) is 0 Å². The number of nitrogens with zero attached hydrogens (tertiary/aromatic N) is 2. The van der Waals surface area contributed by atoms with E-state index in [1.807, 2.05) is 53.4 Å². The van der Waals surface area contributed by atoms with E-state index in [4.69, 9.17) is 20.8 Å². The van der Waals surface area contributed by atoms with Gasteiger partial charge in [0.2, 0.25) is 0 Å². The van der Waals surface area contributed by atoms with Crippen molar-refractivity contribution in [2.45, 2.75) is 25.5 Å². The Balaban J connectivity index is 1.13. The molecule has 178 valence electrons. The summed E-state index contributed by atoms with van der Waals surface area (Å²) < 4.78 is 12.0. The molecule has 0 bridgehead atoms. The van der Waals surface area contributed by atoms with Gasteiger partial charge in [-0.3, -0.25) is 9.69 Å². The Morgan fingerprint density at radius 3 is 2.50 bits per heavy atom. The topological polar surface area (TPSA) is 58.0 Å². The van der Waals surface area contributed by atoms with E-state index in [1.54, 1.807) is 6.07 Å². The molecule has 3 heterocycles. The van der Waals surface area contributed by atoms with Crippen molar-refractivity contribution in [3.05, 3.63) is 77.0 Å². The van der Waals surface area contributed by atoms with Crippen LogP contribution < -0.4 is 10.1 Å². The van der Waals surface area contributed by atoms with Crippen molar-refractivity contribution in [3.8, 4) is 17.1 Å². The van der Waals surface area contributed by atoms with Gasteiger partial charge in [-0.05, 0) is 55.8 Å². The molecule has 0 atom stereocenters. The van der Waals surface area contributed by atoms with Crippen LogP contribution in [0.4, 0.5) is 0 Å². The number of piperidine rings is 1. The summed E-state index contributed by atoms with van der Waals surface area (Å²) in [4.78, 5) is 17.1. The summed E-state index contributed by atoms with van der Waals surface area (Å²) in [5.41, 5.74) is 2.12. The van der Waals surface area contributed by atoms with E-state index in [1.165, 1.54) is 0 Å². The SMILES string of the molecule is O=C(c1ccc(-c2ccccc2)o1)N1CCN(Cc2ccc(OC3CCNCC3)c(Cl)c2)CC1. The van der Waals surface area contributed by atoms with Gasteiger partial charge >= 0.3 is 0 Å². The molecule has 7 heteroatoms. The molecule has 2 aliphatic rings. The van der Waals surface area contributed by atoms with E-state index in [0.29, 0.717) is 29.6 Å². The highest BCUT2D eigenvalue weighted by Crippen LogP contribution is 2.29. The fourth-order valence-electron chi connectivity index (χ4n) is 4.56. The zero-order chi connectivity index (χ0) is 23.3. The minimum Gasteiger partial charge on any atom is -0.489 e. The van der Waals surface area contributed by atoms with Crippen molar-refractivity contribution >= 4 is 17.5 Å².